The molecule has 90 valence electrons. The van der Waals surface area contributed by atoms with Gasteiger partial charge in [-0.3, -0.25) is 0 Å². The molecule has 0 aliphatic heterocycles. The monoisotopic (exact) mass is 252 g/mol. The molecule has 17 heavy (non-hydrogen) atoms. The summed E-state index contributed by atoms with van der Waals surface area (Å²) in [7, 11) is 3.09. The number of hydrogen-bond donors (Lipinski definition) is 1. The molecular formula is C12H12O4S. The average molecular weight is 252 g/mol. The number of fused-ring (bicyclic) bond motifs is 1. The molecule has 0 bridgehead atoms. The molecule has 2 aromatic rings. The number of methoxy groups -OCH3 is 2. The molecule has 1 aromatic carbocycles. The fourth-order valence-electron chi connectivity index (χ4n) is 1.68. The Morgan fingerprint density at radius 2 is 1.82 bits per heavy atom. The second-order valence-electron chi connectivity index (χ2n) is 3.45. The van der Waals surface area contributed by atoms with Gasteiger partial charge in [0.25, 0.3) is 0 Å². The van der Waals surface area contributed by atoms with E-state index in [1.165, 1.54) is 13.2 Å². The van der Waals surface area contributed by atoms with E-state index < -0.39 is 5.63 Å². The first-order chi connectivity index (χ1) is 8.19. The van der Waals surface area contributed by atoms with E-state index >= 15 is 0 Å². The van der Waals surface area contributed by atoms with Crippen molar-refractivity contribution in [2.75, 3.05) is 14.2 Å². The van der Waals surface area contributed by atoms with Gasteiger partial charge in [0.05, 0.1) is 14.2 Å². The van der Waals surface area contributed by atoms with Gasteiger partial charge in [0.2, 0.25) is 0 Å². The van der Waals surface area contributed by atoms with Crippen molar-refractivity contribution in [3.05, 3.63) is 34.2 Å². The van der Waals surface area contributed by atoms with Gasteiger partial charge in [0, 0.05) is 23.3 Å². The van der Waals surface area contributed by atoms with Crippen molar-refractivity contribution in [1.29, 1.82) is 0 Å². The molecule has 0 saturated heterocycles. The maximum Gasteiger partial charge on any atom is 0.336 e. The van der Waals surface area contributed by atoms with Gasteiger partial charge in [-0.25, -0.2) is 4.79 Å². The average Bonchev–Trinajstić information content (AvgIpc) is 2.35. The van der Waals surface area contributed by atoms with Crippen molar-refractivity contribution in [2.45, 2.75) is 5.75 Å². The maximum absolute atomic E-state index is 11.3. The minimum Gasteiger partial charge on any atom is -0.493 e. The lowest BCUT2D eigenvalue weighted by Gasteiger charge is -2.09. The topological polar surface area (TPSA) is 48.7 Å². The summed E-state index contributed by atoms with van der Waals surface area (Å²) in [4.78, 5) is 11.3. The first-order valence-corrected chi connectivity index (χ1v) is 5.62. The van der Waals surface area contributed by atoms with Crippen LogP contribution in [0.5, 0.6) is 11.5 Å². The Labute approximate surface area is 104 Å². The summed E-state index contributed by atoms with van der Waals surface area (Å²) < 4.78 is 15.5. The van der Waals surface area contributed by atoms with Crippen LogP contribution in [0.3, 0.4) is 0 Å². The minimum atomic E-state index is -0.395. The van der Waals surface area contributed by atoms with Crippen molar-refractivity contribution in [3.8, 4) is 11.5 Å². The van der Waals surface area contributed by atoms with Gasteiger partial charge in [-0.1, -0.05) is 0 Å². The quantitative estimate of drug-likeness (QED) is 0.672. The zero-order valence-corrected chi connectivity index (χ0v) is 10.4. The number of rotatable bonds is 3. The van der Waals surface area contributed by atoms with Crippen LogP contribution >= 0.6 is 12.6 Å². The third-order valence-electron chi connectivity index (χ3n) is 2.50. The van der Waals surface area contributed by atoms with Gasteiger partial charge in [0.15, 0.2) is 11.5 Å². The van der Waals surface area contributed by atoms with Crippen LogP contribution in [0.1, 0.15) is 5.56 Å². The Bertz CT molecular complexity index is 603. The predicted molar refractivity (Wildman–Crippen MR) is 68.3 cm³/mol. The van der Waals surface area contributed by atoms with Crippen LogP contribution < -0.4 is 15.1 Å². The fraction of sp³-hybridized carbons (Fsp3) is 0.250. The molecule has 0 amide bonds. The molecule has 4 nitrogen and oxygen atoms in total. The smallest absolute Gasteiger partial charge is 0.336 e. The number of thiol groups is 1. The highest BCUT2D eigenvalue weighted by atomic mass is 32.1. The van der Waals surface area contributed by atoms with E-state index in [1.54, 1.807) is 19.2 Å². The largest absolute Gasteiger partial charge is 0.493 e. The molecule has 0 aliphatic rings. The molecule has 0 fully saturated rings. The van der Waals surface area contributed by atoms with Crippen molar-refractivity contribution in [3.63, 3.8) is 0 Å². The number of ether oxygens (including phenoxy) is 2. The summed E-state index contributed by atoms with van der Waals surface area (Å²) in [5, 5.41) is 0.803. The van der Waals surface area contributed by atoms with Crippen LogP contribution in [0.2, 0.25) is 0 Å². The summed E-state index contributed by atoms with van der Waals surface area (Å²) in [6, 6.07) is 4.85. The second kappa shape index (κ2) is 4.71. The third kappa shape index (κ3) is 2.10. The molecule has 0 aliphatic carbocycles. The normalized spacial score (nSPS) is 10.5. The molecule has 0 atom stereocenters. The van der Waals surface area contributed by atoms with E-state index in [9.17, 15) is 4.79 Å². The van der Waals surface area contributed by atoms with Gasteiger partial charge in [-0.15, -0.1) is 0 Å². The molecule has 5 heteroatoms. The highest BCUT2D eigenvalue weighted by Crippen LogP contribution is 2.33. The van der Waals surface area contributed by atoms with Crippen LogP contribution in [-0.4, -0.2) is 14.2 Å². The van der Waals surface area contributed by atoms with Crippen LogP contribution in [0.25, 0.3) is 11.0 Å². The lowest BCUT2D eigenvalue weighted by atomic mass is 10.1. The van der Waals surface area contributed by atoms with Crippen molar-refractivity contribution < 1.29 is 13.9 Å². The summed E-state index contributed by atoms with van der Waals surface area (Å²) >= 11 is 4.19. The zero-order chi connectivity index (χ0) is 12.4. The Morgan fingerprint density at radius 1 is 1.18 bits per heavy atom. The van der Waals surface area contributed by atoms with Crippen molar-refractivity contribution >= 4 is 23.6 Å². The second-order valence-corrected chi connectivity index (χ2v) is 3.77. The Kier molecular flexibility index (Phi) is 3.28. The first-order valence-electron chi connectivity index (χ1n) is 4.99. The molecular weight excluding hydrogens is 240 g/mol. The Balaban J connectivity index is 2.82. The van der Waals surface area contributed by atoms with E-state index in [0.717, 1.165) is 10.9 Å². The standard InChI is InChI=1S/C12H12O4S/c1-14-10-4-8-7(6-17)3-12(13)16-9(8)5-11(10)15-2/h3-5,17H,6H2,1-2H3. The van der Waals surface area contributed by atoms with Crippen LogP contribution in [0, 0.1) is 0 Å². The molecule has 1 aromatic heterocycles. The first kappa shape index (κ1) is 11.9. The van der Waals surface area contributed by atoms with Crippen LogP contribution in [0.15, 0.2) is 27.4 Å². The molecule has 2 rings (SSSR count). The van der Waals surface area contributed by atoms with Crippen molar-refractivity contribution in [2.24, 2.45) is 0 Å². The summed E-state index contributed by atoms with van der Waals surface area (Å²) in [6.07, 6.45) is 0. The van der Waals surface area contributed by atoms with Gasteiger partial charge >= 0.3 is 5.63 Å². The van der Waals surface area contributed by atoms with E-state index in [-0.39, 0.29) is 0 Å². The van der Waals surface area contributed by atoms with E-state index in [4.69, 9.17) is 13.9 Å². The van der Waals surface area contributed by atoms with Gasteiger partial charge in [-0.05, 0) is 11.6 Å². The molecule has 0 saturated carbocycles. The molecule has 0 radical (unpaired) electrons. The summed E-state index contributed by atoms with van der Waals surface area (Å²) in [5.74, 6) is 1.58. The number of benzene rings is 1. The van der Waals surface area contributed by atoms with E-state index in [1.807, 2.05) is 0 Å². The van der Waals surface area contributed by atoms with Gasteiger partial charge in [0.1, 0.15) is 5.58 Å². The summed E-state index contributed by atoms with van der Waals surface area (Å²) in [6.45, 7) is 0. The highest BCUT2D eigenvalue weighted by molar-refractivity contribution is 7.79. The van der Waals surface area contributed by atoms with E-state index in [2.05, 4.69) is 12.6 Å². The fourth-order valence-corrected chi connectivity index (χ4v) is 1.95. The van der Waals surface area contributed by atoms with Crippen molar-refractivity contribution in [1.82, 2.24) is 0 Å². The lowest BCUT2D eigenvalue weighted by Crippen LogP contribution is -2.00. The maximum atomic E-state index is 11.3. The Morgan fingerprint density at radius 3 is 2.41 bits per heavy atom. The Hall–Kier alpha value is -1.62. The molecule has 1 heterocycles. The third-order valence-corrected chi connectivity index (χ3v) is 2.85. The van der Waals surface area contributed by atoms with Crippen LogP contribution in [-0.2, 0) is 5.75 Å². The minimum absolute atomic E-state index is 0.395. The highest BCUT2D eigenvalue weighted by Gasteiger charge is 2.11. The summed E-state index contributed by atoms with van der Waals surface area (Å²) in [5.41, 5.74) is 0.883. The molecule has 0 unspecified atom stereocenters. The lowest BCUT2D eigenvalue weighted by molar-refractivity contribution is 0.355. The number of hydrogen-bond acceptors (Lipinski definition) is 5. The molecule has 0 N–H and O–H groups in total. The predicted octanol–water partition coefficient (Wildman–Crippen LogP) is 2.24. The zero-order valence-electron chi connectivity index (χ0n) is 9.52. The van der Waals surface area contributed by atoms with E-state index in [0.29, 0.717) is 22.8 Å². The van der Waals surface area contributed by atoms with Gasteiger partial charge in [-0.2, -0.15) is 12.6 Å². The van der Waals surface area contributed by atoms with Crippen LogP contribution in [0.4, 0.5) is 0 Å². The molecule has 0 spiro atoms. The SMILES string of the molecule is COc1cc2oc(=O)cc(CS)c2cc1OC. The van der Waals surface area contributed by atoms with Gasteiger partial charge < -0.3 is 13.9 Å².